The number of nitrogens with two attached hydrogens (primary N) is 1. The third kappa shape index (κ3) is 2.24. The summed E-state index contributed by atoms with van der Waals surface area (Å²) in [5.41, 5.74) is 9.24. The second-order valence-electron chi connectivity index (χ2n) is 6.43. The van der Waals surface area contributed by atoms with Crippen LogP contribution in [0.4, 0.5) is 5.82 Å². The summed E-state index contributed by atoms with van der Waals surface area (Å²) in [7, 11) is 0. The number of benzene rings is 1. The molecular formula is C16H22N4. The first-order chi connectivity index (χ1) is 9.47. The first-order valence-corrected chi connectivity index (χ1v) is 7.21. The molecule has 0 saturated carbocycles. The van der Waals surface area contributed by atoms with E-state index in [0.717, 1.165) is 42.1 Å². The number of hydrogen-bond donors (Lipinski definition) is 1. The largest absolute Gasteiger partial charge is 0.354 e. The lowest BCUT2D eigenvalue weighted by Crippen LogP contribution is -2.52. The number of rotatable bonds is 1. The zero-order valence-corrected chi connectivity index (χ0v) is 12.4. The highest BCUT2D eigenvalue weighted by molar-refractivity contribution is 5.76. The number of aromatic nitrogens is 2. The van der Waals surface area contributed by atoms with Crippen molar-refractivity contribution in [3.8, 4) is 0 Å². The lowest BCUT2D eigenvalue weighted by Gasteiger charge is -2.43. The van der Waals surface area contributed by atoms with Gasteiger partial charge in [-0.15, -0.1) is 0 Å². The third-order valence-electron chi connectivity index (χ3n) is 4.33. The first-order valence-electron chi connectivity index (χ1n) is 7.21. The molecule has 0 spiro atoms. The van der Waals surface area contributed by atoms with Crippen molar-refractivity contribution in [2.75, 3.05) is 18.0 Å². The van der Waals surface area contributed by atoms with Gasteiger partial charge in [0.05, 0.1) is 16.7 Å². The van der Waals surface area contributed by atoms with Gasteiger partial charge in [-0.25, -0.2) is 9.97 Å². The summed E-state index contributed by atoms with van der Waals surface area (Å²) in [6.07, 6.45) is 1.00. The Labute approximate surface area is 120 Å². The minimum absolute atomic E-state index is 0.109. The first kappa shape index (κ1) is 13.3. The van der Waals surface area contributed by atoms with Crippen molar-refractivity contribution in [2.24, 2.45) is 11.1 Å². The summed E-state index contributed by atoms with van der Waals surface area (Å²) >= 11 is 0. The fourth-order valence-electron chi connectivity index (χ4n) is 2.93. The normalized spacial score (nSPS) is 22.2. The molecule has 0 amide bonds. The molecule has 1 aliphatic heterocycles. The van der Waals surface area contributed by atoms with Gasteiger partial charge in [-0.1, -0.05) is 26.0 Å². The fraction of sp³-hybridized carbons (Fsp3) is 0.500. The van der Waals surface area contributed by atoms with Crippen molar-refractivity contribution < 1.29 is 0 Å². The van der Waals surface area contributed by atoms with E-state index in [4.69, 9.17) is 10.7 Å². The Morgan fingerprint density at radius 1 is 1.20 bits per heavy atom. The number of nitrogens with zero attached hydrogens (tertiary/aromatic N) is 3. The summed E-state index contributed by atoms with van der Waals surface area (Å²) in [4.78, 5) is 11.8. The quantitative estimate of drug-likeness (QED) is 0.865. The van der Waals surface area contributed by atoms with Crippen LogP contribution in [0.25, 0.3) is 11.0 Å². The van der Waals surface area contributed by atoms with Gasteiger partial charge in [-0.3, -0.25) is 0 Å². The number of fused-ring (bicyclic) bond motifs is 1. The van der Waals surface area contributed by atoms with Gasteiger partial charge in [-0.2, -0.15) is 0 Å². The standard InChI is InChI=1S/C16H22N4/c1-11-15(19-13-7-5-4-6-12(13)18-11)20-9-8-14(17)16(2,3)10-20/h4-7,14H,8-10,17H2,1-3H3. The predicted octanol–water partition coefficient (Wildman–Crippen LogP) is 2.50. The zero-order chi connectivity index (χ0) is 14.3. The van der Waals surface area contributed by atoms with Crippen LogP contribution in [-0.4, -0.2) is 29.1 Å². The van der Waals surface area contributed by atoms with Crippen LogP contribution in [0.3, 0.4) is 0 Å². The predicted molar refractivity (Wildman–Crippen MR) is 82.9 cm³/mol. The molecule has 0 aliphatic carbocycles. The molecule has 1 unspecified atom stereocenters. The van der Waals surface area contributed by atoms with Gasteiger partial charge in [0, 0.05) is 19.1 Å². The minimum atomic E-state index is 0.109. The summed E-state index contributed by atoms with van der Waals surface area (Å²) < 4.78 is 0. The van der Waals surface area contributed by atoms with Crippen molar-refractivity contribution in [1.29, 1.82) is 0 Å². The Balaban J connectivity index is 2.00. The van der Waals surface area contributed by atoms with Crippen LogP contribution in [0.2, 0.25) is 0 Å². The second-order valence-corrected chi connectivity index (χ2v) is 6.43. The molecule has 0 bridgehead atoms. The Kier molecular flexibility index (Phi) is 3.13. The Morgan fingerprint density at radius 3 is 2.50 bits per heavy atom. The molecule has 1 fully saturated rings. The third-order valence-corrected chi connectivity index (χ3v) is 4.33. The summed E-state index contributed by atoms with van der Waals surface area (Å²) in [6.45, 7) is 8.39. The highest BCUT2D eigenvalue weighted by atomic mass is 15.2. The number of para-hydroxylation sites is 2. The van der Waals surface area contributed by atoms with Gasteiger partial charge in [0.15, 0.2) is 5.82 Å². The van der Waals surface area contributed by atoms with Crippen LogP contribution < -0.4 is 10.6 Å². The molecule has 2 N–H and O–H groups in total. The molecule has 4 heteroatoms. The molecule has 2 heterocycles. The van der Waals surface area contributed by atoms with Gasteiger partial charge < -0.3 is 10.6 Å². The molecule has 20 heavy (non-hydrogen) atoms. The Hall–Kier alpha value is -1.68. The maximum absolute atomic E-state index is 6.22. The number of anilines is 1. The summed E-state index contributed by atoms with van der Waals surface area (Å²) in [5, 5.41) is 0. The van der Waals surface area contributed by atoms with Crippen molar-refractivity contribution in [3.63, 3.8) is 0 Å². The van der Waals surface area contributed by atoms with Gasteiger partial charge in [0.1, 0.15) is 0 Å². The highest BCUT2D eigenvalue weighted by Gasteiger charge is 2.34. The lowest BCUT2D eigenvalue weighted by atomic mass is 9.79. The van der Waals surface area contributed by atoms with Crippen molar-refractivity contribution >= 4 is 16.9 Å². The van der Waals surface area contributed by atoms with Crippen LogP contribution in [0, 0.1) is 12.3 Å². The fourth-order valence-corrected chi connectivity index (χ4v) is 2.93. The highest BCUT2D eigenvalue weighted by Crippen LogP contribution is 2.31. The van der Waals surface area contributed by atoms with E-state index >= 15 is 0 Å². The Bertz CT molecular complexity index is 635. The second kappa shape index (κ2) is 4.70. The van der Waals surface area contributed by atoms with Crippen LogP contribution >= 0.6 is 0 Å². The summed E-state index contributed by atoms with van der Waals surface area (Å²) in [5.74, 6) is 1.00. The monoisotopic (exact) mass is 270 g/mol. The molecule has 1 aromatic carbocycles. The van der Waals surface area contributed by atoms with Gasteiger partial charge in [-0.05, 0) is 30.9 Å². The van der Waals surface area contributed by atoms with Gasteiger partial charge in [0.2, 0.25) is 0 Å². The van der Waals surface area contributed by atoms with Crippen molar-refractivity contribution in [2.45, 2.75) is 33.2 Å². The van der Waals surface area contributed by atoms with Crippen LogP contribution in [0.5, 0.6) is 0 Å². The van der Waals surface area contributed by atoms with E-state index in [0.29, 0.717) is 0 Å². The van der Waals surface area contributed by atoms with E-state index in [9.17, 15) is 0 Å². The summed E-state index contributed by atoms with van der Waals surface area (Å²) in [6, 6.07) is 8.29. The van der Waals surface area contributed by atoms with E-state index < -0.39 is 0 Å². The van der Waals surface area contributed by atoms with E-state index in [1.165, 1.54) is 0 Å². The molecule has 0 radical (unpaired) electrons. The Morgan fingerprint density at radius 2 is 1.85 bits per heavy atom. The number of aryl methyl sites for hydroxylation is 1. The maximum atomic E-state index is 6.22. The van der Waals surface area contributed by atoms with Gasteiger partial charge >= 0.3 is 0 Å². The zero-order valence-electron chi connectivity index (χ0n) is 12.4. The molecule has 1 saturated heterocycles. The maximum Gasteiger partial charge on any atom is 0.150 e. The number of hydrogen-bond acceptors (Lipinski definition) is 4. The molecule has 2 aromatic rings. The lowest BCUT2D eigenvalue weighted by molar-refractivity contribution is 0.244. The average Bonchev–Trinajstić information content (AvgIpc) is 2.41. The van der Waals surface area contributed by atoms with Crippen molar-refractivity contribution in [1.82, 2.24) is 9.97 Å². The molecule has 106 valence electrons. The van der Waals surface area contributed by atoms with Gasteiger partial charge in [0.25, 0.3) is 0 Å². The van der Waals surface area contributed by atoms with Crippen molar-refractivity contribution in [3.05, 3.63) is 30.0 Å². The molecule has 1 aromatic heterocycles. The molecule has 1 atom stereocenters. The number of piperidine rings is 1. The SMILES string of the molecule is Cc1nc2ccccc2nc1N1CCC(N)C(C)(C)C1. The van der Waals surface area contributed by atoms with E-state index in [1.54, 1.807) is 0 Å². The molecule has 4 nitrogen and oxygen atoms in total. The topological polar surface area (TPSA) is 55.0 Å². The van der Waals surface area contributed by atoms with Crippen LogP contribution in [-0.2, 0) is 0 Å². The molecule has 3 rings (SSSR count). The van der Waals surface area contributed by atoms with Crippen LogP contribution in [0.15, 0.2) is 24.3 Å². The smallest absolute Gasteiger partial charge is 0.150 e. The minimum Gasteiger partial charge on any atom is -0.354 e. The van der Waals surface area contributed by atoms with E-state index in [1.807, 2.05) is 31.2 Å². The van der Waals surface area contributed by atoms with E-state index in [2.05, 4.69) is 23.7 Å². The average molecular weight is 270 g/mol. The van der Waals surface area contributed by atoms with Crippen LogP contribution in [0.1, 0.15) is 26.0 Å². The molecular weight excluding hydrogens is 248 g/mol. The molecule has 1 aliphatic rings. The van der Waals surface area contributed by atoms with E-state index in [-0.39, 0.29) is 11.5 Å².